The standard InChI is InChI=1S/C17H15NO2S/c19-15-8-7-12(10-16(15)20)11-18-14-5-2-1-4-13(14)17-6-3-9-21-17/h1-10,18-20H,11H2. The van der Waals surface area contributed by atoms with Crippen LogP contribution in [0.3, 0.4) is 0 Å². The third kappa shape index (κ3) is 3.01. The van der Waals surface area contributed by atoms with Crippen LogP contribution in [0.2, 0.25) is 0 Å². The van der Waals surface area contributed by atoms with E-state index in [4.69, 9.17) is 0 Å². The summed E-state index contributed by atoms with van der Waals surface area (Å²) < 4.78 is 0. The Morgan fingerprint density at radius 3 is 2.52 bits per heavy atom. The second-order valence-electron chi connectivity index (χ2n) is 4.70. The van der Waals surface area contributed by atoms with Gasteiger partial charge >= 0.3 is 0 Å². The average molecular weight is 297 g/mol. The Hall–Kier alpha value is -2.46. The summed E-state index contributed by atoms with van der Waals surface area (Å²) in [6.45, 7) is 0.580. The van der Waals surface area contributed by atoms with Gasteiger partial charge in [0.2, 0.25) is 0 Å². The molecule has 0 aliphatic carbocycles. The molecule has 0 aliphatic heterocycles. The smallest absolute Gasteiger partial charge is 0.157 e. The highest BCUT2D eigenvalue weighted by molar-refractivity contribution is 7.13. The van der Waals surface area contributed by atoms with E-state index < -0.39 is 0 Å². The average Bonchev–Trinajstić information content (AvgIpc) is 3.03. The van der Waals surface area contributed by atoms with Crippen LogP contribution in [0.4, 0.5) is 5.69 Å². The van der Waals surface area contributed by atoms with Crippen molar-refractivity contribution in [2.75, 3.05) is 5.32 Å². The van der Waals surface area contributed by atoms with E-state index in [2.05, 4.69) is 22.8 Å². The molecule has 0 spiro atoms. The summed E-state index contributed by atoms with van der Waals surface area (Å²) in [5.41, 5.74) is 3.12. The molecule has 1 heterocycles. The molecule has 0 saturated heterocycles. The van der Waals surface area contributed by atoms with Gasteiger partial charge < -0.3 is 15.5 Å². The topological polar surface area (TPSA) is 52.5 Å². The minimum Gasteiger partial charge on any atom is -0.504 e. The second-order valence-corrected chi connectivity index (χ2v) is 5.65. The first kappa shape index (κ1) is 13.5. The van der Waals surface area contributed by atoms with E-state index >= 15 is 0 Å². The molecule has 4 heteroatoms. The fourth-order valence-electron chi connectivity index (χ4n) is 2.16. The number of hydrogen-bond donors (Lipinski definition) is 3. The molecule has 0 saturated carbocycles. The lowest BCUT2D eigenvalue weighted by atomic mass is 10.1. The van der Waals surface area contributed by atoms with Crippen molar-refractivity contribution in [3.8, 4) is 21.9 Å². The minimum absolute atomic E-state index is 0.0964. The second kappa shape index (κ2) is 5.89. The SMILES string of the molecule is Oc1ccc(CNc2ccccc2-c2cccs2)cc1O. The Morgan fingerprint density at radius 2 is 1.76 bits per heavy atom. The summed E-state index contributed by atoms with van der Waals surface area (Å²) in [4.78, 5) is 1.21. The first-order valence-corrected chi connectivity index (χ1v) is 7.49. The number of rotatable bonds is 4. The number of para-hydroxylation sites is 1. The van der Waals surface area contributed by atoms with Gasteiger partial charge in [0.1, 0.15) is 0 Å². The van der Waals surface area contributed by atoms with Gasteiger partial charge in [-0.15, -0.1) is 11.3 Å². The molecule has 0 unspecified atom stereocenters. The molecule has 0 fully saturated rings. The predicted molar refractivity (Wildman–Crippen MR) is 86.9 cm³/mol. The molecule has 3 N–H and O–H groups in total. The molecule has 2 aromatic carbocycles. The molecule has 3 nitrogen and oxygen atoms in total. The number of aromatic hydroxyl groups is 2. The first-order valence-electron chi connectivity index (χ1n) is 6.61. The molecule has 0 radical (unpaired) electrons. The lowest BCUT2D eigenvalue weighted by molar-refractivity contribution is 0.403. The van der Waals surface area contributed by atoms with Gasteiger partial charge in [0.05, 0.1) is 0 Å². The number of anilines is 1. The molecule has 3 rings (SSSR count). The fraction of sp³-hybridized carbons (Fsp3) is 0.0588. The zero-order valence-corrected chi connectivity index (χ0v) is 12.1. The Morgan fingerprint density at radius 1 is 0.905 bits per heavy atom. The van der Waals surface area contributed by atoms with Crippen molar-refractivity contribution >= 4 is 17.0 Å². The van der Waals surface area contributed by atoms with Crippen molar-refractivity contribution in [2.45, 2.75) is 6.54 Å². The maximum absolute atomic E-state index is 9.53. The van der Waals surface area contributed by atoms with Crippen molar-refractivity contribution in [2.24, 2.45) is 0 Å². The van der Waals surface area contributed by atoms with E-state index in [1.54, 1.807) is 23.5 Å². The molecule has 0 aliphatic rings. The molecule has 3 aromatic rings. The third-order valence-electron chi connectivity index (χ3n) is 3.24. The maximum Gasteiger partial charge on any atom is 0.157 e. The fourth-order valence-corrected chi connectivity index (χ4v) is 2.93. The summed E-state index contributed by atoms with van der Waals surface area (Å²) >= 11 is 1.70. The zero-order chi connectivity index (χ0) is 14.7. The quantitative estimate of drug-likeness (QED) is 0.624. The minimum atomic E-state index is -0.0993. The van der Waals surface area contributed by atoms with Crippen LogP contribution < -0.4 is 5.32 Å². The highest BCUT2D eigenvalue weighted by Crippen LogP contribution is 2.32. The van der Waals surface area contributed by atoms with Crippen LogP contribution in [0.1, 0.15) is 5.56 Å². The van der Waals surface area contributed by atoms with Gasteiger partial charge in [-0.25, -0.2) is 0 Å². The van der Waals surface area contributed by atoms with Crippen LogP contribution in [-0.4, -0.2) is 10.2 Å². The molecule has 0 bridgehead atoms. The number of phenolic OH excluding ortho intramolecular Hbond substituents is 2. The van der Waals surface area contributed by atoms with Crippen molar-refractivity contribution in [1.82, 2.24) is 0 Å². The van der Waals surface area contributed by atoms with Gasteiger partial charge in [0.15, 0.2) is 11.5 Å². The van der Waals surface area contributed by atoms with Gasteiger partial charge in [-0.2, -0.15) is 0 Å². The van der Waals surface area contributed by atoms with Crippen molar-refractivity contribution in [1.29, 1.82) is 0 Å². The predicted octanol–water partition coefficient (Wildman–Crippen LogP) is 4.44. The van der Waals surface area contributed by atoms with Gasteiger partial charge in [-0.1, -0.05) is 30.3 Å². The van der Waals surface area contributed by atoms with Gasteiger partial charge in [0.25, 0.3) is 0 Å². The number of phenols is 2. The normalized spacial score (nSPS) is 10.5. The summed E-state index contributed by atoms with van der Waals surface area (Å²) in [5.74, 6) is -0.196. The number of thiophene rings is 1. The molecule has 106 valence electrons. The lowest BCUT2D eigenvalue weighted by Gasteiger charge is -2.11. The Labute approximate surface area is 127 Å². The van der Waals surface area contributed by atoms with E-state index in [0.29, 0.717) is 6.54 Å². The van der Waals surface area contributed by atoms with E-state index in [0.717, 1.165) is 16.8 Å². The summed E-state index contributed by atoms with van der Waals surface area (Å²) in [5, 5.41) is 24.3. The van der Waals surface area contributed by atoms with Crippen molar-refractivity contribution < 1.29 is 10.2 Å². The van der Waals surface area contributed by atoms with Gasteiger partial charge in [-0.3, -0.25) is 0 Å². The van der Waals surface area contributed by atoms with Gasteiger partial charge in [-0.05, 0) is 35.2 Å². The number of hydrogen-bond acceptors (Lipinski definition) is 4. The molecule has 1 aromatic heterocycles. The summed E-state index contributed by atoms with van der Waals surface area (Å²) in [7, 11) is 0. The van der Waals surface area contributed by atoms with Crippen LogP contribution in [0.15, 0.2) is 60.0 Å². The van der Waals surface area contributed by atoms with E-state index in [-0.39, 0.29) is 11.5 Å². The lowest BCUT2D eigenvalue weighted by Crippen LogP contribution is -2.00. The molecular formula is C17H15NO2S. The number of nitrogens with one attached hydrogen (secondary N) is 1. The third-order valence-corrected chi connectivity index (χ3v) is 4.14. The largest absolute Gasteiger partial charge is 0.504 e. The van der Waals surface area contributed by atoms with Crippen LogP contribution in [0, 0.1) is 0 Å². The highest BCUT2D eigenvalue weighted by atomic mass is 32.1. The van der Waals surface area contributed by atoms with Crippen molar-refractivity contribution in [3.05, 3.63) is 65.5 Å². The molecular weight excluding hydrogens is 282 g/mol. The Balaban J connectivity index is 1.81. The monoisotopic (exact) mass is 297 g/mol. The Kier molecular flexibility index (Phi) is 3.79. The van der Waals surface area contributed by atoms with Crippen LogP contribution >= 0.6 is 11.3 Å². The maximum atomic E-state index is 9.53. The van der Waals surface area contributed by atoms with Crippen LogP contribution in [0.5, 0.6) is 11.5 Å². The van der Waals surface area contributed by atoms with Crippen LogP contribution in [-0.2, 0) is 6.54 Å². The summed E-state index contributed by atoms with van der Waals surface area (Å²) in [6, 6.07) is 17.1. The van der Waals surface area contributed by atoms with E-state index in [1.165, 1.54) is 10.9 Å². The van der Waals surface area contributed by atoms with Gasteiger partial charge in [0, 0.05) is 22.7 Å². The summed E-state index contributed by atoms with van der Waals surface area (Å²) in [6.07, 6.45) is 0. The molecule has 0 atom stereocenters. The van der Waals surface area contributed by atoms with Crippen LogP contribution in [0.25, 0.3) is 10.4 Å². The zero-order valence-electron chi connectivity index (χ0n) is 11.3. The van der Waals surface area contributed by atoms with E-state index in [1.807, 2.05) is 24.3 Å². The highest BCUT2D eigenvalue weighted by Gasteiger charge is 2.06. The van der Waals surface area contributed by atoms with E-state index in [9.17, 15) is 10.2 Å². The Bertz CT molecular complexity index is 738. The number of benzene rings is 2. The molecule has 0 amide bonds. The van der Waals surface area contributed by atoms with Crippen molar-refractivity contribution in [3.63, 3.8) is 0 Å². The first-order chi connectivity index (χ1) is 10.2. The molecule has 21 heavy (non-hydrogen) atoms.